The molecule has 1 aliphatic heterocycles. The van der Waals surface area contributed by atoms with Gasteiger partial charge < -0.3 is 10.2 Å². The number of hydrogen-bond acceptors (Lipinski definition) is 4. The van der Waals surface area contributed by atoms with Gasteiger partial charge >= 0.3 is 5.97 Å². The summed E-state index contributed by atoms with van der Waals surface area (Å²) in [5.41, 5.74) is 1.56. The molecule has 0 spiro atoms. The number of carbonyl (C=O) groups is 1. The lowest BCUT2D eigenvalue weighted by Gasteiger charge is -2.31. The zero-order valence-corrected chi connectivity index (χ0v) is 11.2. The maximum atomic E-state index is 10.8. The van der Waals surface area contributed by atoms with Crippen LogP contribution in [0.1, 0.15) is 30.7 Å². The van der Waals surface area contributed by atoms with Gasteiger partial charge in [-0.3, -0.25) is 14.7 Å². The highest BCUT2D eigenvalue weighted by molar-refractivity contribution is 5.67. The monoisotopic (exact) mass is 264 g/mol. The first kappa shape index (κ1) is 13.8. The molecule has 1 fully saturated rings. The normalized spacial score (nSPS) is 20.4. The number of hydrogen-bond donors (Lipinski definition) is 2. The molecular weight excluding hydrogens is 244 g/mol. The maximum absolute atomic E-state index is 10.8. The lowest BCUT2D eigenvalue weighted by molar-refractivity contribution is -0.138. The number of pyridine rings is 1. The van der Waals surface area contributed by atoms with Gasteiger partial charge in [0, 0.05) is 25.2 Å². The number of likely N-dealkylation sites (tertiary alicyclic amines) is 1. The molecule has 104 valence electrons. The van der Waals surface area contributed by atoms with E-state index in [1.807, 2.05) is 6.92 Å². The third-order valence-corrected chi connectivity index (χ3v) is 3.53. The van der Waals surface area contributed by atoms with Gasteiger partial charge in [-0.05, 0) is 44.4 Å². The van der Waals surface area contributed by atoms with Crippen molar-refractivity contribution in [1.29, 1.82) is 0 Å². The minimum absolute atomic E-state index is 0.207. The zero-order valence-electron chi connectivity index (χ0n) is 11.2. The van der Waals surface area contributed by atoms with Crippen LogP contribution >= 0.6 is 0 Å². The van der Waals surface area contributed by atoms with Crippen LogP contribution in [-0.2, 0) is 11.3 Å². The number of nitrogens with zero attached hydrogens (tertiary/aromatic N) is 2. The standard InChI is InChI=1S/C14H20N2O3/c1-10-4-5-13(17)12(15-10)9-16-6-2-3-11(8-16)7-14(18)19/h4-5,11,17H,2-3,6-9H2,1H3,(H,18,19). The van der Waals surface area contributed by atoms with Gasteiger partial charge in [0.1, 0.15) is 5.75 Å². The second-order valence-corrected chi connectivity index (χ2v) is 5.26. The number of rotatable bonds is 4. The molecule has 2 N–H and O–H groups in total. The number of aromatic hydroxyl groups is 1. The minimum Gasteiger partial charge on any atom is -0.506 e. The van der Waals surface area contributed by atoms with Crippen molar-refractivity contribution in [3.05, 3.63) is 23.5 Å². The zero-order chi connectivity index (χ0) is 13.8. The second kappa shape index (κ2) is 6.02. The smallest absolute Gasteiger partial charge is 0.303 e. The quantitative estimate of drug-likeness (QED) is 0.867. The Bertz CT molecular complexity index is 462. The van der Waals surface area contributed by atoms with Gasteiger partial charge in [-0.1, -0.05) is 0 Å². The van der Waals surface area contributed by atoms with Gasteiger partial charge in [0.15, 0.2) is 0 Å². The van der Waals surface area contributed by atoms with Gasteiger partial charge in [0.05, 0.1) is 5.69 Å². The fourth-order valence-electron chi connectivity index (χ4n) is 2.64. The molecule has 1 atom stereocenters. The molecule has 0 amide bonds. The van der Waals surface area contributed by atoms with Crippen molar-refractivity contribution in [3.8, 4) is 5.75 Å². The van der Waals surface area contributed by atoms with Gasteiger partial charge in [-0.2, -0.15) is 0 Å². The van der Waals surface area contributed by atoms with Crippen LogP contribution in [0.3, 0.4) is 0 Å². The highest BCUT2D eigenvalue weighted by atomic mass is 16.4. The third-order valence-electron chi connectivity index (χ3n) is 3.53. The molecular formula is C14H20N2O3. The van der Waals surface area contributed by atoms with Crippen molar-refractivity contribution in [2.75, 3.05) is 13.1 Å². The van der Waals surface area contributed by atoms with Gasteiger partial charge in [-0.15, -0.1) is 0 Å². The molecule has 0 aliphatic carbocycles. The van der Waals surface area contributed by atoms with Crippen LogP contribution in [0.25, 0.3) is 0 Å². The van der Waals surface area contributed by atoms with Crippen molar-refractivity contribution in [3.63, 3.8) is 0 Å². The summed E-state index contributed by atoms with van der Waals surface area (Å²) < 4.78 is 0. The van der Waals surface area contributed by atoms with E-state index in [9.17, 15) is 9.90 Å². The summed E-state index contributed by atoms with van der Waals surface area (Å²) in [7, 11) is 0. The lowest BCUT2D eigenvalue weighted by Crippen LogP contribution is -2.36. The lowest BCUT2D eigenvalue weighted by atomic mass is 9.95. The SMILES string of the molecule is Cc1ccc(O)c(CN2CCCC(CC(=O)O)C2)n1. The largest absolute Gasteiger partial charge is 0.506 e. The molecule has 0 radical (unpaired) electrons. The molecule has 2 rings (SSSR count). The third kappa shape index (κ3) is 3.92. The Morgan fingerprint density at radius 3 is 3.05 bits per heavy atom. The molecule has 5 heteroatoms. The molecule has 1 aromatic rings. The number of aliphatic carboxylic acids is 1. The Hall–Kier alpha value is -1.62. The van der Waals surface area contributed by atoms with Crippen LogP contribution in [0.2, 0.25) is 0 Å². The summed E-state index contributed by atoms with van der Waals surface area (Å²) in [4.78, 5) is 17.3. The Labute approximate surface area is 112 Å². The molecule has 1 aromatic heterocycles. The number of aryl methyl sites for hydroxylation is 1. The van der Waals surface area contributed by atoms with E-state index in [2.05, 4.69) is 9.88 Å². The summed E-state index contributed by atoms with van der Waals surface area (Å²) in [6.07, 6.45) is 2.20. The highest BCUT2D eigenvalue weighted by Gasteiger charge is 2.22. The molecule has 2 heterocycles. The van der Waals surface area contributed by atoms with Crippen molar-refractivity contribution < 1.29 is 15.0 Å². The topological polar surface area (TPSA) is 73.7 Å². The average molecular weight is 264 g/mol. The number of piperidine rings is 1. The molecule has 1 aliphatic rings. The molecule has 19 heavy (non-hydrogen) atoms. The Morgan fingerprint density at radius 2 is 2.32 bits per heavy atom. The van der Waals surface area contributed by atoms with E-state index in [1.54, 1.807) is 12.1 Å². The molecule has 0 aromatic carbocycles. The van der Waals surface area contributed by atoms with Crippen molar-refractivity contribution >= 4 is 5.97 Å². The summed E-state index contributed by atoms with van der Waals surface area (Å²) in [5, 5.41) is 18.6. The van der Waals surface area contributed by atoms with Crippen molar-refractivity contribution in [1.82, 2.24) is 9.88 Å². The van der Waals surface area contributed by atoms with Crippen LogP contribution < -0.4 is 0 Å². The van der Waals surface area contributed by atoms with Crippen molar-refractivity contribution in [2.24, 2.45) is 5.92 Å². The van der Waals surface area contributed by atoms with Gasteiger partial charge in [0.25, 0.3) is 0 Å². The molecule has 0 saturated carbocycles. The van der Waals surface area contributed by atoms with E-state index in [1.165, 1.54) is 0 Å². The van der Waals surface area contributed by atoms with Crippen LogP contribution in [0.5, 0.6) is 5.75 Å². The number of aromatic nitrogens is 1. The Balaban J connectivity index is 1.98. The summed E-state index contributed by atoms with van der Waals surface area (Å²) >= 11 is 0. The fraction of sp³-hybridized carbons (Fsp3) is 0.571. The predicted molar refractivity (Wildman–Crippen MR) is 70.9 cm³/mol. The van der Waals surface area contributed by atoms with E-state index in [-0.39, 0.29) is 18.1 Å². The van der Waals surface area contributed by atoms with Crippen LogP contribution in [0.4, 0.5) is 0 Å². The molecule has 1 saturated heterocycles. The van der Waals surface area contributed by atoms with Crippen LogP contribution in [-0.4, -0.2) is 39.2 Å². The number of carboxylic acid groups (broad SMARTS) is 1. The fourth-order valence-corrected chi connectivity index (χ4v) is 2.64. The molecule has 1 unspecified atom stereocenters. The van der Waals surface area contributed by atoms with E-state index >= 15 is 0 Å². The first-order valence-corrected chi connectivity index (χ1v) is 6.64. The van der Waals surface area contributed by atoms with Crippen LogP contribution in [0.15, 0.2) is 12.1 Å². The highest BCUT2D eigenvalue weighted by Crippen LogP contribution is 2.23. The average Bonchev–Trinajstić information content (AvgIpc) is 2.33. The van der Waals surface area contributed by atoms with E-state index in [4.69, 9.17) is 5.11 Å². The minimum atomic E-state index is -0.733. The van der Waals surface area contributed by atoms with Crippen LogP contribution in [0, 0.1) is 12.8 Å². The first-order chi connectivity index (χ1) is 9.04. The Morgan fingerprint density at radius 1 is 1.53 bits per heavy atom. The van der Waals surface area contributed by atoms with Crippen molar-refractivity contribution in [2.45, 2.75) is 32.7 Å². The Kier molecular flexibility index (Phi) is 4.37. The van der Waals surface area contributed by atoms with Gasteiger partial charge in [-0.25, -0.2) is 0 Å². The van der Waals surface area contributed by atoms with E-state index in [0.717, 1.165) is 31.6 Å². The number of carboxylic acids is 1. The van der Waals surface area contributed by atoms with Gasteiger partial charge in [0.2, 0.25) is 0 Å². The molecule has 5 nitrogen and oxygen atoms in total. The second-order valence-electron chi connectivity index (χ2n) is 5.26. The maximum Gasteiger partial charge on any atom is 0.303 e. The summed E-state index contributed by atoms with van der Waals surface area (Å²) in [5.74, 6) is -0.312. The first-order valence-electron chi connectivity index (χ1n) is 6.64. The van der Waals surface area contributed by atoms with E-state index < -0.39 is 5.97 Å². The summed E-state index contributed by atoms with van der Waals surface area (Å²) in [6, 6.07) is 3.44. The summed E-state index contributed by atoms with van der Waals surface area (Å²) in [6.45, 7) is 4.18. The predicted octanol–water partition coefficient (Wildman–Crippen LogP) is 1.78. The van der Waals surface area contributed by atoms with E-state index in [0.29, 0.717) is 12.2 Å². The molecule has 0 bridgehead atoms.